The van der Waals surface area contributed by atoms with Crippen LogP contribution in [0.3, 0.4) is 0 Å². The van der Waals surface area contributed by atoms with Crippen LogP contribution in [0, 0.1) is 5.92 Å². The Bertz CT molecular complexity index is 997. The van der Waals surface area contributed by atoms with Crippen LogP contribution in [0.5, 0.6) is 0 Å². The van der Waals surface area contributed by atoms with Crippen molar-refractivity contribution in [3.8, 4) is 0 Å². The number of carbonyl (C=O) groups is 6. The second kappa shape index (κ2) is 13.8. The van der Waals surface area contributed by atoms with Crippen molar-refractivity contribution >= 4 is 41.2 Å². The minimum atomic E-state index is -1.48. The molecular formula is C23H34N6O7. The van der Waals surface area contributed by atoms with Crippen LogP contribution in [0.15, 0.2) is 24.3 Å². The Morgan fingerprint density at radius 2 is 1.47 bits per heavy atom. The predicted molar refractivity (Wildman–Crippen MR) is 130 cm³/mol. The number of hydrogen-bond acceptors (Lipinski definition) is 8. The minimum Gasteiger partial charge on any atom is -0.480 e. The number of anilines is 1. The van der Waals surface area contributed by atoms with E-state index in [1.54, 1.807) is 12.1 Å². The second-order valence-electron chi connectivity index (χ2n) is 8.62. The number of nitrogens with one attached hydrogen (secondary N) is 3. The number of imide groups is 1. The number of para-hydroxylation sites is 1. The van der Waals surface area contributed by atoms with Crippen molar-refractivity contribution in [3.63, 3.8) is 0 Å². The molecule has 0 bridgehead atoms. The molecule has 0 spiro atoms. The maximum atomic E-state index is 13.0. The van der Waals surface area contributed by atoms with Gasteiger partial charge in [0.1, 0.15) is 24.7 Å². The van der Waals surface area contributed by atoms with Crippen LogP contribution in [0.1, 0.15) is 44.5 Å². The zero-order valence-corrected chi connectivity index (χ0v) is 20.7. The monoisotopic (exact) mass is 506 g/mol. The van der Waals surface area contributed by atoms with E-state index >= 15 is 0 Å². The van der Waals surface area contributed by atoms with Crippen LogP contribution in [0.25, 0.3) is 0 Å². The molecule has 13 heteroatoms. The first-order valence-corrected chi connectivity index (χ1v) is 11.3. The molecule has 8 N–H and O–H groups in total. The molecule has 13 nitrogen and oxygen atoms in total. The van der Waals surface area contributed by atoms with Gasteiger partial charge < -0.3 is 32.5 Å². The lowest BCUT2D eigenvalue weighted by atomic mass is 10.0. The molecule has 5 amide bonds. The molecule has 1 aromatic rings. The molecule has 3 atom stereocenters. The Kier molecular flexibility index (Phi) is 11.5. The number of aliphatic carboxylic acids is 1. The van der Waals surface area contributed by atoms with E-state index in [-0.39, 0.29) is 30.1 Å². The Hall–Kier alpha value is -4.00. The number of carboxylic acid groups (broad SMARTS) is 1. The topological polar surface area (TPSA) is 214 Å². The van der Waals surface area contributed by atoms with Gasteiger partial charge >= 0.3 is 5.97 Å². The van der Waals surface area contributed by atoms with Crippen molar-refractivity contribution in [3.05, 3.63) is 29.8 Å². The van der Waals surface area contributed by atoms with Crippen molar-refractivity contribution in [2.75, 3.05) is 18.8 Å². The van der Waals surface area contributed by atoms with Crippen LogP contribution < -0.4 is 27.4 Å². The standard InChI is InChI=1S/C23H34N6O7/c1-12(2)9-17(28-18(30)10-24)21(34)27-14(4)23(36)29(11-19(31)32)22(35)13(3)26-20(33)15-7-5-6-8-16(15)25/h5-8,12-14,17H,9-11,24-25H2,1-4H3,(H,26,33)(H,27,34)(H,28,30)(H,31,32)/t13-,14-,17-/m0/s1. The molecule has 0 saturated carbocycles. The van der Waals surface area contributed by atoms with Gasteiger partial charge in [-0.05, 0) is 38.3 Å². The summed E-state index contributed by atoms with van der Waals surface area (Å²) in [6.45, 7) is 4.88. The fourth-order valence-corrected chi connectivity index (χ4v) is 3.24. The van der Waals surface area contributed by atoms with Crippen LogP contribution in [0.4, 0.5) is 5.69 Å². The summed E-state index contributed by atoms with van der Waals surface area (Å²) in [7, 11) is 0. The highest BCUT2D eigenvalue weighted by Crippen LogP contribution is 2.11. The van der Waals surface area contributed by atoms with Gasteiger partial charge in [0.25, 0.3) is 17.7 Å². The third-order valence-corrected chi connectivity index (χ3v) is 5.02. The Labute approximate surface area is 208 Å². The van der Waals surface area contributed by atoms with Gasteiger partial charge in [0.15, 0.2) is 0 Å². The second-order valence-corrected chi connectivity index (χ2v) is 8.62. The molecule has 0 unspecified atom stereocenters. The van der Waals surface area contributed by atoms with E-state index in [1.165, 1.54) is 26.0 Å². The highest BCUT2D eigenvalue weighted by atomic mass is 16.4. The maximum Gasteiger partial charge on any atom is 0.323 e. The first kappa shape index (κ1) is 30.0. The molecule has 198 valence electrons. The number of benzene rings is 1. The maximum absolute atomic E-state index is 13.0. The normalized spacial score (nSPS) is 13.2. The largest absolute Gasteiger partial charge is 0.480 e. The third kappa shape index (κ3) is 8.98. The Morgan fingerprint density at radius 1 is 0.917 bits per heavy atom. The number of nitrogen functional groups attached to an aromatic ring is 1. The predicted octanol–water partition coefficient (Wildman–Crippen LogP) is -1.18. The highest BCUT2D eigenvalue weighted by molar-refractivity contribution is 6.06. The molecule has 0 fully saturated rings. The van der Waals surface area contributed by atoms with E-state index < -0.39 is 60.2 Å². The van der Waals surface area contributed by atoms with Gasteiger partial charge in [0.05, 0.1) is 12.1 Å². The van der Waals surface area contributed by atoms with Crippen LogP contribution in [-0.4, -0.2) is 76.7 Å². The summed E-state index contributed by atoms with van der Waals surface area (Å²) in [5, 5.41) is 16.5. The molecule has 1 aromatic carbocycles. The van der Waals surface area contributed by atoms with Gasteiger partial charge in [0, 0.05) is 5.69 Å². The van der Waals surface area contributed by atoms with Crippen molar-refractivity contribution < 1.29 is 33.9 Å². The van der Waals surface area contributed by atoms with E-state index in [4.69, 9.17) is 11.5 Å². The molecular weight excluding hydrogens is 472 g/mol. The summed E-state index contributed by atoms with van der Waals surface area (Å²) in [6.07, 6.45) is 0.252. The zero-order valence-electron chi connectivity index (χ0n) is 20.7. The van der Waals surface area contributed by atoms with Gasteiger partial charge in [-0.15, -0.1) is 0 Å². The van der Waals surface area contributed by atoms with E-state index in [9.17, 15) is 33.9 Å². The number of nitrogens with two attached hydrogens (primary N) is 2. The van der Waals surface area contributed by atoms with Crippen molar-refractivity contribution in [1.82, 2.24) is 20.9 Å². The van der Waals surface area contributed by atoms with Gasteiger partial charge in [-0.3, -0.25) is 33.7 Å². The molecule has 0 aliphatic rings. The number of rotatable bonds is 12. The lowest BCUT2D eigenvalue weighted by Crippen LogP contribution is -2.58. The molecule has 0 aliphatic carbocycles. The number of amides is 5. The SMILES string of the molecule is CC(C)C[C@H](NC(=O)CN)C(=O)N[C@@H](C)C(=O)N(CC(=O)O)C(=O)[C@H](C)NC(=O)c1ccccc1N. The minimum absolute atomic E-state index is 0.0121. The summed E-state index contributed by atoms with van der Waals surface area (Å²) in [4.78, 5) is 74.6. The summed E-state index contributed by atoms with van der Waals surface area (Å²) >= 11 is 0. The molecule has 1 rings (SSSR count). The van der Waals surface area contributed by atoms with Crippen LogP contribution in [0.2, 0.25) is 0 Å². The summed E-state index contributed by atoms with van der Waals surface area (Å²) in [5.74, 6) is -5.43. The van der Waals surface area contributed by atoms with Crippen molar-refractivity contribution in [2.24, 2.45) is 11.7 Å². The van der Waals surface area contributed by atoms with Gasteiger partial charge in [-0.25, -0.2) is 0 Å². The summed E-state index contributed by atoms with van der Waals surface area (Å²) in [5.41, 5.74) is 11.3. The number of carboxylic acids is 1. The number of hydrogen-bond donors (Lipinski definition) is 6. The van der Waals surface area contributed by atoms with Gasteiger partial charge in [0.2, 0.25) is 11.8 Å². The smallest absolute Gasteiger partial charge is 0.323 e. The molecule has 0 radical (unpaired) electrons. The number of carbonyl (C=O) groups excluding carboxylic acids is 5. The van der Waals surface area contributed by atoms with Crippen LogP contribution >= 0.6 is 0 Å². The summed E-state index contributed by atoms with van der Waals surface area (Å²) < 4.78 is 0. The molecule has 0 aliphatic heterocycles. The highest BCUT2D eigenvalue weighted by Gasteiger charge is 2.34. The van der Waals surface area contributed by atoms with E-state index in [0.717, 1.165) is 0 Å². The third-order valence-electron chi connectivity index (χ3n) is 5.02. The van der Waals surface area contributed by atoms with E-state index in [2.05, 4.69) is 16.0 Å². The first-order chi connectivity index (χ1) is 16.8. The fraction of sp³-hybridized carbons (Fsp3) is 0.478. The molecule has 36 heavy (non-hydrogen) atoms. The quantitative estimate of drug-likeness (QED) is 0.188. The van der Waals surface area contributed by atoms with Gasteiger partial charge in [-0.1, -0.05) is 26.0 Å². The number of nitrogens with zero attached hydrogens (tertiary/aromatic N) is 1. The first-order valence-electron chi connectivity index (χ1n) is 11.3. The molecule has 0 saturated heterocycles. The molecule has 0 aromatic heterocycles. The van der Waals surface area contributed by atoms with E-state index in [1.807, 2.05) is 13.8 Å². The summed E-state index contributed by atoms with van der Waals surface area (Å²) in [6, 6.07) is 2.53. The average molecular weight is 507 g/mol. The van der Waals surface area contributed by atoms with Crippen molar-refractivity contribution in [2.45, 2.75) is 52.2 Å². The van der Waals surface area contributed by atoms with E-state index in [0.29, 0.717) is 4.90 Å². The zero-order chi connectivity index (χ0) is 27.6. The van der Waals surface area contributed by atoms with Crippen LogP contribution in [-0.2, 0) is 24.0 Å². The lowest BCUT2D eigenvalue weighted by molar-refractivity contribution is -0.154. The Morgan fingerprint density at radius 3 is 1.97 bits per heavy atom. The molecule has 0 heterocycles. The Balaban J connectivity index is 3.00. The average Bonchev–Trinajstić information content (AvgIpc) is 2.80. The van der Waals surface area contributed by atoms with Gasteiger partial charge in [-0.2, -0.15) is 0 Å². The van der Waals surface area contributed by atoms with Crippen molar-refractivity contribution in [1.29, 1.82) is 0 Å². The fourth-order valence-electron chi connectivity index (χ4n) is 3.24. The lowest BCUT2D eigenvalue weighted by Gasteiger charge is -2.27.